The van der Waals surface area contributed by atoms with Crippen LogP contribution in [0.25, 0.3) is 0 Å². The highest BCUT2D eigenvalue weighted by molar-refractivity contribution is 9.10. The molecule has 0 fully saturated rings. The zero-order valence-corrected chi connectivity index (χ0v) is 13.0. The van der Waals surface area contributed by atoms with Crippen LogP contribution >= 0.6 is 43.2 Å². The van der Waals surface area contributed by atoms with E-state index in [1.54, 1.807) is 0 Å². The number of carbonyl (C=O) groups is 1. The van der Waals surface area contributed by atoms with E-state index in [2.05, 4.69) is 36.8 Å². The smallest absolute Gasteiger partial charge is 0.339 e. The topological polar surface area (TPSA) is 65.2 Å². The van der Waals surface area contributed by atoms with Crippen LogP contribution in [0.3, 0.4) is 0 Å². The third-order valence-electron chi connectivity index (χ3n) is 2.12. The number of thiophene rings is 1. The Morgan fingerprint density at radius 3 is 2.89 bits per heavy atom. The maximum absolute atomic E-state index is 11.9. The molecule has 2 rings (SSSR count). The van der Waals surface area contributed by atoms with Gasteiger partial charge in [0.2, 0.25) is 0 Å². The highest BCUT2D eigenvalue weighted by atomic mass is 79.9. The van der Waals surface area contributed by atoms with Crippen LogP contribution in [0.5, 0.6) is 0 Å². The third kappa shape index (κ3) is 3.09. The molecular weight excluding hydrogens is 384 g/mol. The number of pyridine rings is 1. The predicted octanol–water partition coefficient (Wildman–Crippen LogP) is 3.61. The van der Waals surface area contributed by atoms with Crippen LogP contribution in [0.2, 0.25) is 0 Å². The quantitative estimate of drug-likeness (QED) is 0.811. The summed E-state index contributed by atoms with van der Waals surface area (Å²) in [6.45, 7) is 0.228. The number of nitrogen functional groups attached to an aromatic ring is 1. The molecule has 94 valence electrons. The molecule has 2 aromatic rings. The average molecular weight is 392 g/mol. The largest absolute Gasteiger partial charge is 0.456 e. The first-order valence-electron chi connectivity index (χ1n) is 4.88. The van der Waals surface area contributed by atoms with Crippen molar-refractivity contribution in [2.75, 3.05) is 5.73 Å². The van der Waals surface area contributed by atoms with Gasteiger partial charge in [-0.15, -0.1) is 11.3 Å². The van der Waals surface area contributed by atoms with Gasteiger partial charge in [-0.2, -0.15) is 0 Å². The SMILES string of the molecule is Nc1cc(C(=O)OCc2sccc2Br)c(Br)cn1. The molecule has 2 heterocycles. The summed E-state index contributed by atoms with van der Waals surface area (Å²) in [5.41, 5.74) is 5.91. The predicted molar refractivity (Wildman–Crippen MR) is 77.5 cm³/mol. The normalized spacial score (nSPS) is 10.3. The summed E-state index contributed by atoms with van der Waals surface area (Å²) in [4.78, 5) is 16.7. The van der Waals surface area contributed by atoms with Crippen LogP contribution in [0.15, 0.2) is 32.7 Å². The number of ether oxygens (including phenoxy) is 1. The molecule has 0 aliphatic heterocycles. The van der Waals surface area contributed by atoms with Crippen LogP contribution in [-0.4, -0.2) is 11.0 Å². The lowest BCUT2D eigenvalue weighted by molar-refractivity contribution is 0.0475. The van der Waals surface area contributed by atoms with Gasteiger partial charge in [0.25, 0.3) is 0 Å². The van der Waals surface area contributed by atoms with Gasteiger partial charge in [0.05, 0.1) is 14.9 Å². The zero-order chi connectivity index (χ0) is 13.1. The minimum atomic E-state index is -0.434. The fraction of sp³-hybridized carbons (Fsp3) is 0.0909. The summed E-state index contributed by atoms with van der Waals surface area (Å²) in [6, 6.07) is 3.39. The summed E-state index contributed by atoms with van der Waals surface area (Å²) in [7, 11) is 0. The van der Waals surface area contributed by atoms with Crippen molar-refractivity contribution in [3.63, 3.8) is 0 Å². The molecule has 0 atom stereocenters. The summed E-state index contributed by atoms with van der Waals surface area (Å²) >= 11 is 8.14. The first-order chi connectivity index (χ1) is 8.58. The number of carbonyl (C=O) groups excluding carboxylic acids is 1. The lowest BCUT2D eigenvalue weighted by atomic mass is 10.2. The van der Waals surface area contributed by atoms with Crippen molar-refractivity contribution in [2.24, 2.45) is 0 Å². The van der Waals surface area contributed by atoms with Crippen molar-refractivity contribution >= 4 is 55.0 Å². The number of esters is 1. The van der Waals surface area contributed by atoms with Crippen LogP contribution in [0.4, 0.5) is 5.82 Å². The summed E-state index contributed by atoms with van der Waals surface area (Å²) < 4.78 is 6.72. The van der Waals surface area contributed by atoms with E-state index in [4.69, 9.17) is 10.5 Å². The molecule has 0 aromatic carbocycles. The number of anilines is 1. The molecule has 18 heavy (non-hydrogen) atoms. The molecule has 0 radical (unpaired) electrons. The van der Waals surface area contributed by atoms with Gasteiger partial charge in [-0.05, 0) is 49.4 Å². The minimum absolute atomic E-state index is 0.228. The number of rotatable bonds is 3. The van der Waals surface area contributed by atoms with Crippen LogP contribution in [0, 0.1) is 0 Å². The van der Waals surface area contributed by atoms with Crippen molar-refractivity contribution in [1.82, 2.24) is 4.98 Å². The van der Waals surface area contributed by atoms with Gasteiger partial charge >= 0.3 is 5.97 Å². The minimum Gasteiger partial charge on any atom is -0.456 e. The zero-order valence-electron chi connectivity index (χ0n) is 9.02. The fourth-order valence-corrected chi connectivity index (χ4v) is 3.00. The summed E-state index contributed by atoms with van der Waals surface area (Å²) in [5.74, 6) is -0.154. The van der Waals surface area contributed by atoms with Crippen molar-refractivity contribution in [2.45, 2.75) is 6.61 Å². The third-order valence-corrected chi connectivity index (χ3v) is 4.65. The summed E-state index contributed by atoms with van der Waals surface area (Å²) in [5, 5.41) is 1.92. The second-order valence-corrected chi connectivity index (χ2v) is 6.07. The van der Waals surface area contributed by atoms with Gasteiger partial charge in [0.15, 0.2) is 0 Å². The van der Waals surface area contributed by atoms with Crippen LogP contribution in [-0.2, 0) is 11.3 Å². The number of nitrogens with two attached hydrogens (primary N) is 1. The van der Waals surface area contributed by atoms with Crippen molar-refractivity contribution in [3.05, 3.63) is 43.1 Å². The standard InChI is InChI=1S/C11H8Br2N2O2S/c12-7-1-2-18-9(7)5-17-11(16)6-3-10(14)15-4-8(6)13/h1-4H,5H2,(H2,14,15). The number of hydrogen-bond donors (Lipinski definition) is 1. The number of hydrogen-bond acceptors (Lipinski definition) is 5. The molecule has 7 heteroatoms. The van der Waals surface area contributed by atoms with E-state index in [1.807, 2.05) is 11.4 Å². The highest BCUT2D eigenvalue weighted by Gasteiger charge is 2.13. The van der Waals surface area contributed by atoms with E-state index < -0.39 is 5.97 Å². The van der Waals surface area contributed by atoms with E-state index in [9.17, 15) is 4.79 Å². The van der Waals surface area contributed by atoms with Gasteiger partial charge in [-0.3, -0.25) is 0 Å². The first kappa shape index (κ1) is 13.5. The molecule has 0 aliphatic rings. The van der Waals surface area contributed by atoms with Gasteiger partial charge in [-0.25, -0.2) is 9.78 Å². The van der Waals surface area contributed by atoms with Gasteiger partial charge < -0.3 is 10.5 Å². The second kappa shape index (κ2) is 5.81. The Kier molecular flexibility index (Phi) is 4.36. The average Bonchev–Trinajstić information content (AvgIpc) is 2.75. The molecule has 0 unspecified atom stereocenters. The van der Waals surface area contributed by atoms with Crippen molar-refractivity contribution in [1.29, 1.82) is 0 Å². The Bertz CT molecular complexity index is 586. The van der Waals surface area contributed by atoms with E-state index in [1.165, 1.54) is 23.6 Å². The molecule has 0 amide bonds. The van der Waals surface area contributed by atoms with Crippen molar-refractivity contribution in [3.8, 4) is 0 Å². The highest BCUT2D eigenvalue weighted by Crippen LogP contribution is 2.24. The molecule has 2 N–H and O–H groups in total. The Balaban J connectivity index is 2.08. The molecule has 4 nitrogen and oxygen atoms in total. The van der Waals surface area contributed by atoms with E-state index in [0.29, 0.717) is 10.0 Å². The number of aromatic nitrogens is 1. The second-order valence-electron chi connectivity index (χ2n) is 3.36. The monoisotopic (exact) mass is 390 g/mol. The molecule has 0 saturated heterocycles. The van der Waals surface area contributed by atoms with Gasteiger partial charge in [0, 0.05) is 10.7 Å². The molecular formula is C11H8Br2N2O2S. The van der Waals surface area contributed by atoms with E-state index >= 15 is 0 Å². The molecule has 0 bridgehead atoms. The maximum Gasteiger partial charge on any atom is 0.339 e. The first-order valence-corrected chi connectivity index (χ1v) is 7.34. The van der Waals surface area contributed by atoms with Gasteiger partial charge in [0.1, 0.15) is 12.4 Å². The molecule has 0 aliphatic carbocycles. The Morgan fingerprint density at radius 2 is 2.22 bits per heavy atom. The number of nitrogens with zero attached hydrogens (tertiary/aromatic N) is 1. The maximum atomic E-state index is 11.9. The molecule has 0 spiro atoms. The molecule has 0 saturated carbocycles. The molecule has 2 aromatic heterocycles. The van der Waals surface area contributed by atoms with Crippen LogP contribution in [0.1, 0.15) is 15.2 Å². The van der Waals surface area contributed by atoms with Crippen LogP contribution < -0.4 is 5.73 Å². The van der Waals surface area contributed by atoms with Gasteiger partial charge in [-0.1, -0.05) is 0 Å². The Morgan fingerprint density at radius 1 is 1.44 bits per heavy atom. The Hall–Kier alpha value is -0.920. The van der Waals surface area contributed by atoms with E-state index in [0.717, 1.165) is 9.35 Å². The lowest BCUT2D eigenvalue weighted by Crippen LogP contribution is -2.07. The summed E-state index contributed by atoms with van der Waals surface area (Å²) in [6.07, 6.45) is 1.48. The lowest BCUT2D eigenvalue weighted by Gasteiger charge is -2.06. The fourth-order valence-electron chi connectivity index (χ4n) is 1.25. The van der Waals surface area contributed by atoms with Crippen molar-refractivity contribution < 1.29 is 9.53 Å². The van der Waals surface area contributed by atoms with E-state index in [-0.39, 0.29) is 12.4 Å². The Labute approximate surface area is 124 Å². The number of halogens is 2.